The lowest BCUT2D eigenvalue weighted by Crippen LogP contribution is -2.17. The number of aromatic amines is 1. The molecule has 0 aliphatic carbocycles. The van der Waals surface area contributed by atoms with E-state index >= 15 is 0 Å². The molecule has 4 aromatic rings. The maximum absolute atomic E-state index is 14.0. The van der Waals surface area contributed by atoms with Gasteiger partial charge in [0.05, 0.1) is 11.1 Å². The molecule has 4 rings (SSSR count). The zero-order valence-corrected chi connectivity index (χ0v) is 19.1. The number of nitrogens with one attached hydrogen (secondary N) is 1. The van der Waals surface area contributed by atoms with Crippen molar-refractivity contribution in [2.45, 2.75) is 24.9 Å². The highest BCUT2D eigenvalue weighted by Gasteiger charge is 2.44. The Morgan fingerprint density at radius 3 is 2.08 bits per heavy atom. The number of halogens is 8. The molecule has 0 fully saturated rings. The third-order valence-electron chi connectivity index (χ3n) is 5.50. The highest BCUT2D eigenvalue weighted by molar-refractivity contribution is 6.30. The van der Waals surface area contributed by atoms with Crippen LogP contribution in [0, 0.1) is 0 Å². The third kappa shape index (κ3) is 5.66. The van der Waals surface area contributed by atoms with Gasteiger partial charge in [-0.05, 0) is 65.6 Å². The summed E-state index contributed by atoms with van der Waals surface area (Å²) < 4.78 is 102. The van der Waals surface area contributed by atoms with Crippen molar-refractivity contribution in [1.82, 2.24) is 4.98 Å². The van der Waals surface area contributed by atoms with Crippen LogP contribution in [0.25, 0.3) is 10.9 Å². The first kappa shape index (κ1) is 26.3. The molecule has 1 atom stereocenters. The lowest BCUT2D eigenvalue weighted by molar-refractivity contribution is -0.147. The number of H-pyrrole nitrogens is 1. The molecule has 0 radical (unpaired) electrons. The van der Waals surface area contributed by atoms with Gasteiger partial charge >= 0.3 is 18.3 Å². The van der Waals surface area contributed by atoms with Crippen LogP contribution in [0.1, 0.15) is 34.0 Å². The van der Waals surface area contributed by atoms with Gasteiger partial charge in [-0.2, -0.15) is 26.3 Å². The van der Waals surface area contributed by atoms with Crippen LogP contribution in [0.2, 0.25) is 5.02 Å². The molecule has 37 heavy (non-hydrogen) atoms. The molecule has 194 valence electrons. The average Bonchev–Trinajstić information content (AvgIpc) is 3.20. The number of rotatable bonds is 6. The molecule has 1 heterocycles. The summed E-state index contributed by atoms with van der Waals surface area (Å²) in [4.78, 5) is 13.9. The van der Waals surface area contributed by atoms with E-state index in [0.29, 0.717) is 27.9 Å². The van der Waals surface area contributed by atoms with Gasteiger partial charge in [-0.1, -0.05) is 23.7 Å². The fourth-order valence-electron chi connectivity index (χ4n) is 3.78. The molecule has 1 aromatic heterocycles. The summed E-state index contributed by atoms with van der Waals surface area (Å²) in [5, 5.41) is 9.78. The Labute approximate surface area is 209 Å². The van der Waals surface area contributed by atoms with Crippen molar-refractivity contribution < 1.29 is 45.4 Å². The van der Waals surface area contributed by atoms with Gasteiger partial charge in [-0.25, -0.2) is 9.18 Å². The molecule has 4 nitrogen and oxygen atoms in total. The molecule has 3 aromatic carbocycles. The molecule has 1 unspecified atom stereocenters. The number of carboxylic acids is 1. The van der Waals surface area contributed by atoms with Crippen LogP contribution < -0.4 is 4.74 Å². The van der Waals surface area contributed by atoms with Gasteiger partial charge in [0.1, 0.15) is 5.75 Å². The Balaban J connectivity index is 1.81. The van der Waals surface area contributed by atoms with Gasteiger partial charge in [0.2, 0.25) is 6.17 Å². The first-order valence-electron chi connectivity index (χ1n) is 10.5. The van der Waals surface area contributed by atoms with Gasteiger partial charge in [0.15, 0.2) is 5.75 Å². The minimum atomic E-state index is -5.42. The van der Waals surface area contributed by atoms with Crippen molar-refractivity contribution in [1.29, 1.82) is 0 Å². The van der Waals surface area contributed by atoms with Gasteiger partial charge in [-0.15, -0.1) is 0 Å². The molecule has 12 heteroatoms. The van der Waals surface area contributed by atoms with E-state index in [-0.39, 0.29) is 17.9 Å². The van der Waals surface area contributed by atoms with Crippen molar-refractivity contribution in [3.8, 4) is 11.5 Å². The number of aromatic nitrogens is 1. The minimum Gasteiger partial charge on any atom is -0.479 e. The zero-order chi connectivity index (χ0) is 27.1. The molecule has 0 spiro atoms. The molecule has 0 aliphatic heterocycles. The normalized spacial score (nSPS) is 13.1. The van der Waals surface area contributed by atoms with E-state index < -0.39 is 46.9 Å². The Hall–Kier alpha value is -3.73. The van der Waals surface area contributed by atoms with Crippen molar-refractivity contribution in [3.63, 3.8) is 0 Å². The van der Waals surface area contributed by atoms with Crippen LogP contribution >= 0.6 is 11.6 Å². The van der Waals surface area contributed by atoms with Gasteiger partial charge in [-0.3, -0.25) is 0 Å². The summed E-state index contributed by atoms with van der Waals surface area (Å²) in [7, 11) is 0. The number of carbonyl (C=O) groups is 1. The van der Waals surface area contributed by atoms with E-state index in [2.05, 4.69) is 4.98 Å². The Morgan fingerprint density at radius 2 is 1.54 bits per heavy atom. The zero-order valence-electron chi connectivity index (χ0n) is 18.3. The number of aliphatic carboxylic acids is 1. The van der Waals surface area contributed by atoms with Crippen molar-refractivity contribution in [2.24, 2.45) is 0 Å². The van der Waals surface area contributed by atoms with Crippen LogP contribution in [0.5, 0.6) is 11.5 Å². The average molecular weight is 546 g/mol. The number of fused-ring (bicyclic) bond motifs is 1. The second-order valence-corrected chi connectivity index (χ2v) is 8.50. The molecule has 0 saturated carbocycles. The minimum absolute atomic E-state index is 0.00412. The van der Waals surface area contributed by atoms with Crippen LogP contribution in [0.15, 0.2) is 60.8 Å². The second-order valence-electron chi connectivity index (χ2n) is 8.07. The van der Waals surface area contributed by atoms with E-state index in [1.54, 1.807) is 30.5 Å². The number of ether oxygens (including phenoxy) is 1. The van der Waals surface area contributed by atoms with Crippen LogP contribution in [0.4, 0.5) is 30.7 Å². The van der Waals surface area contributed by atoms with Crippen molar-refractivity contribution in [3.05, 3.63) is 93.6 Å². The van der Waals surface area contributed by atoms with Crippen LogP contribution in [0.3, 0.4) is 0 Å². The van der Waals surface area contributed by atoms with Gasteiger partial charge < -0.3 is 14.8 Å². The highest BCUT2D eigenvalue weighted by atomic mass is 35.5. The molecular formula is C25H15ClF7NO3. The summed E-state index contributed by atoms with van der Waals surface area (Å²) in [5.41, 5.74) is -3.14. The second kappa shape index (κ2) is 9.62. The van der Waals surface area contributed by atoms with Crippen LogP contribution in [-0.4, -0.2) is 16.1 Å². The van der Waals surface area contributed by atoms with Crippen molar-refractivity contribution >= 4 is 28.5 Å². The largest absolute Gasteiger partial charge is 0.479 e. The fourth-order valence-corrected chi connectivity index (χ4v) is 3.90. The monoisotopic (exact) mass is 545 g/mol. The third-order valence-corrected chi connectivity index (χ3v) is 5.75. The number of hydrogen-bond acceptors (Lipinski definition) is 2. The number of alkyl halides is 7. The van der Waals surface area contributed by atoms with E-state index in [4.69, 9.17) is 21.4 Å². The van der Waals surface area contributed by atoms with Crippen molar-refractivity contribution in [2.75, 3.05) is 0 Å². The summed E-state index contributed by atoms with van der Waals surface area (Å²) in [6.45, 7) is 0. The topological polar surface area (TPSA) is 62.3 Å². The molecule has 2 N–H and O–H groups in total. The quantitative estimate of drug-likeness (QED) is 0.239. The summed E-state index contributed by atoms with van der Waals surface area (Å²) in [6, 6.07) is 10.8. The molecule has 0 amide bonds. The first-order valence-corrected chi connectivity index (χ1v) is 10.8. The van der Waals surface area contributed by atoms with Gasteiger partial charge in [0, 0.05) is 22.1 Å². The standard InChI is InChI=1S/C25H15ClF7NO3/c26-15-3-1-12(2-4-15)7-14-11-34-20-6-5-16(10-17(14)20)37-22-18(24(28,29)30)8-13(21(27)23(35)36)9-19(22)25(31,32)33/h1-6,8-11,21,34H,7H2,(H,35,36). The smallest absolute Gasteiger partial charge is 0.420 e. The lowest BCUT2D eigenvalue weighted by atomic mass is 10.00. The molecule has 0 saturated heterocycles. The van der Waals surface area contributed by atoms with E-state index in [1.165, 1.54) is 18.2 Å². The molecule has 0 bridgehead atoms. The molecular weight excluding hydrogens is 531 g/mol. The predicted octanol–water partition coefficient (Wildman–Crippen LogP) is 8.34. The number of hydrogen-bond donors (Lipinski definition) is 2. The maximum Gasteiger partial charge on any atom is 0.420 e. The summed E-state index contributed by atoms with van der Waals surface area (Å²) >= 11 is 5.89. The Kier molecular flexibility index (Phi) is 6.85. The maximum atomic E-state index is 14.0. The SMILES string of the molecule is O=C(O)C(F)c1cc(C(F)(F)F)c(Oc2ccc3[nH]cc(Cc4ccc(Cl)cc4)c3c2)c(C(F)(F)F)c1. The summed E-state index contributed by atoms with van der Waals surface area (Å²) in [5.74, 6) is -4.19. The lowest BCUT2D eigenvalue weighted by Gasteiger charge is -2.21. The van der Waals surface area contributed by atoms with E-state index in [0.717, 1.165) is 5.56 Å². The number of benzene rings is 3. The Morgan fingerprint density at radius 1 is 0.946 bits per heavy atom. The molecule has 0 aliphatic rings. The Bertz CT molecular complexity index is 1430. The summed E-state index contributed by atoms with van der Waals surface area (Å²) in [6.07, 6.45) is -11.9. The van der Waals surface area contributed by atoms with E-state index in [9.17, 15) is 35.5 Å². The number of carboxylic acid groups (broad SMARTS) is 1. The predicted molar refractivity (Wildman–Crippen MR) is 121 cm³/mol. The fraction of sp³-hybridized carbons (Fsp3) is 0.160. The van der Waals surface area contributed by atoms with E-state index in [1.807, 2.05) is 0 Å². The highest BCUT2D eigenvalue weighted by Crippen LogP contribution is 2.47. The van der Waals surface area contributed by atoms with Crippen LogP contribution in [-0.2, 0) is 23.6 Å². The first-order chi connectivity index (χ1) is 17.2. The van der Waals surface area contributed by atoms with Gasteiger partial charge in [0.25, 0.3) is 0 Å².